The number of carbonyl (C=O) groups excluding carboxylic acids is 1. The van der Waals surface area contributed by atoms with Crippen molar-refractivity contribution < 1.29 is 4.79 Å². The average Bonchev–Trinajstić information content (AvgIpc) is 2.85. The van der Waals surface area contributed by atoms with Crippen LogP contribution >= 0.6 is 11.8 Å². The lowest BCUT2D eigenvalue weighted by Crippen LogP contribution is -2.27. The number of nitrogens with two attached hydrogens (primary N) is 1. The van der Waals surface area contributed by atoms with Crippen molar-refractivity contribution >= 4 is 29.0 Å². The number of benzene rings is 2. The minimum absolute atomic E-state index is 0.0280. The zero-order valence-corrected chi connectivity index (χ0v) is 13.0. The highest BCUT2D eigenvalue weighted by atomic mass is 32.2. The zero-order chi connectivity index (χ0) is 15.0. The lowest BCUT2D eigenvalue weighted by molar-refractivity contribution is -0.115. The molecule has 4 heteroatoms. The predicted octanol–water partition coefficient (Wildman–Crippen LogP) is 3.66. The van der Waals surface area contributed by atoms with Crippen LogP contribution in [0.15, 0.2) is 42.5 Å². The molecule has 1 amide bonds. The molecule has 1 unspecified atom stereocenters. The van der Waals surface area contributed by atoms with Gasteiger partial charge in [0.05, 0.1) is 5.75 Å². The molecule has 0 aliphatic carbocycles. The minimum atomic E-state index is 0.0280. The summed E-state index contributed by atoms with van der Waals surface area (Å²) in [5, 5.41) is 0.0280. The first kappa shape index (κ1) is 14.0. The molecule has 0 aromatic heterocycles. The monoisotopic (exact) mass is 298 g/mol. The normalized spacial score (nSPS) is 18.3. The number of hydrogen-bond donors (Lipinski definition) is 1. The first-order chi connectivity index (χ1) is 10.1. The van der Waals surface area contributed by atoms with Crippen LogP contribution in [0.1, 0.15) is 22.1 Å². The van der Waals surface area contributed by atoms with Crippen LogP contribution in [0.4, 0.5) is 11.4 Å². The highest BCUT2D eigenvalue weighted by Crippen LogP contribution is 2.42. The van der Waals surface area contributed by atoms with Crippen molar-refractivity contribution in [2.45, 2.75) is 19.2 Å². The van der Waals surface area contributed by atoms with Gasteiger partial charge in [-0.05, 0) is 54.8 Å². The number of thioether (sulfide) groups is 1. The van der Waals surface area contributed by atoms with Crippen molar-refractivity contribution in [1.29, 1.82) is 0 Å². The van der Waals surface area contributed by atoms with E-state index >= 15 is 0 Å². The maximum absolute atomic E-state index is 12.3. The van der Waals surface area contributed by atoms with Crippen molar-refractivity contribution in [3.63, 3.8) is 0 Å². The molecular formula is C17H18N2OS. The Hall–Kier alpha value is -1.94. The fraction of sp³-hybridized carbons (Fsp3) is 0.235. The zero-order valence-electron chi connectivity index (χ0n) is 12.2. The summed E-state index contributed by atoms with van der Waals surface area (Å²) < 4.78 is 0. The Morgan fingerprint density at radius 1 is 1.10 bits per heavy atom. The van der Waals surface area contributed by atoms with Crippen molar-refractivity contribution in [1.82, 2.24) is 0 Å². The quantitative estimate of drug-likeness (QED) is 0.861. The smallest absolute Gasteiger partial charge is 0.238 e. The highest BCUT2D eigenvalue weighted by Gasteiger charge is 2.34. The lowest BCUT2D eigenvalue weighted by Gasteiger charge is -2.25. The molecular weight excluding hydrogens is 280 g/mol. The van der Waals surface area contributed by atoms with Crippen LogP contribution in [0.25, 0.3) is 0 Å². The van der Waals surface area contributed by atoms with E-state index in [1.807, 2.05) is 35.2 Å². The molecule has 0 bridgehead atoms. The summed E-state index contributed by atoms with van der Waals surface area (Å²) in [7, 11) is 0. The number of nitrogens with zero attached hydrogens (tertiary/aromatic N) is 1. The third-order valence-electron chi connectivity index (χ3n) is 3.86. The summed E-state index contributed by atoms with van der Waals surface area (Å²) in [4.78, 5) is 14.2. The predicted molar refractivity (Wildman–Crippen MR) is 89.5 cm³/mol. The highest BCUT2D eigenvalue weighted by molar-refractivity contribution is 8.00. The van der Waals surface area contributed by atoms with Gasteiger partial charge in [0.15, 0.2) is 0 Å². The van der Waals surface area contributed by atoms with Crippen molar-refractivity contribution in [2.75, 3.05) is 16.4 Å². The van der Waals surface area contributed by atoms with Crippen LogP contribution in [0.5, 0.6) is 0 Å². The number of aryl methyl sites for hydroxylation is 2. The molecule has 21 heavy (non-hydrogen) atoms. The third-order valence-corrected chi connectivity index (χ3v) is 5.07. The molecule has 0 spiro atoms. The molecule has 1 aliphatic rings. The molecule has 1 saturated heterocycles. The summed E-state index contributed by atoms with van der Waals surface area (Å²) in [5.74, 6) is 0.673. The van der Waals surface area contributed by atoms with E-state index in [0.717, 1.165) is 16.9 Å². The van der Waals surface area contributed by atoms with Gasteiger partial charge in [-0.2, -0.15) is 0 Å². The van der Waals surface area contributed by atoms with E-state index in [4.69, 9.17) is 5.73 Å². The summed E-state index contributed by atoms with van der Waals surface area (Å²) in [6.45, 7) is 4.15. The summed E-state index contributed by atoms with van der Waals surface area (Å²) in [6, 6.07) is 14.0. The van der Waals surface area contributed by atoms with Gasteiger partial charge in [-0.15, -0.1) is 11.8 Å². The minimum Gasteiger partial charge on any atom is -0.399 e. The second kappa shape index (κ2) is 5.45. The number of rotatable bonds is 2. The van der Waals surface area contributed by atoms with Crippen LogP contribution in [-0.2, 0) is 4.79 Å². The van der Waals surface area contributed by atoms with Gasteiger partial charge in [-0.1, -0.05) is 18.2 Å². The fourth-order valence-corrected chi connectivity index (χ4v) is 3.66. The molecule has 0 saturated carbocycles. The maximum atomic E-state index is 12.3. The SMILES string of the molecule is Cc1ccc(N2C(=O)CSC2c2ccc(N)cc2)cc1C. The summed E-state index contributed by atoms with van der Waals surface area (Å²) >= 11 is 1.66. The maximum Gasteiger partial charge on any atom is 0.238 e. The van der Waals surface area contributed by atoms with Gasteiger partial charge in [0.25, 0.3) is 0 Å². The summed E-state index contributed by atoms with van der Waals surface area (Å²) in [5.41, 5.74) is 11.0. The van der Waals surface area contributed by atoms with Gasteiger partial charge in [0.1, 0.15) is 5.37 Å². The van der Waals surface area contributed by atoms with E-state index < -0.39 is 0 Å². The van der Waals surface area contributed by atoms with Gasteiger partial charge in [0, 0.05) is 11.4 Å². The number of nitrogen functional groups attached to an aromatic ring is 1. The largest absolute Gasteiger partial charge is 0.399 e. The molecule has 0 radical (unpaired) electrons. The number of anilines is 2. The molecule has 3 nitrogen and oxygen atoms in total. The standard InChI is InChI=1S/C17H18N2OS/c1-11-3-8-15(9-12(11)2)19-16(20)10-21-17(19)13-4-6-14(18)7-5-13/h3-9,17H,10,18H2,1-2H3. The second-order valence-electron chi connectivity index (χ2n) is 5.36. The Bertz CT molecular complexity index is 682. The molecule has 2 aromatic carbocycles. The van der Waals surface area contributed by atoms with E-state index in [0.29, 0.717) is 5.75 Å². The van der Waals surface area contributed by atoms with E-state index in [9.17, 15) is 4.79 Å². The topological polar surface area (TPSA) is 46.3 Å². The number of hydrogen-bond acceptors (Lipinski definition) is 3. The Labute approximate surface area is 129 Å². The first-order valence-corrected chi connectivity index (χ1v) is 7.97. The van der Waals surface area contributed by atoms with E-state index in [2.05, 4.69) is 26.0 Å². The van der Waals surface area contributed by atoms with Crippen molar-refractivity contribution in [3.05, 3.63) is 59.2 Å². The van der Waals surface area contributed by atoms with Gasteiger partial charge < -0.3 is 5.73 Å². The van der Waals surface area contributed by atoms with Crippen LogP contribution in [0.2, 0.25) is 0 Å². The summed E-state index contributed by atoms with van der Waals surface area (Å²) in [6.07, 6.45) is 0. The van der Waals surface area contributed by atoms with Crippen LogP contribution in [-0.4, -0.2) is 11.7 Å². The lowest BCUT2D eigenvalue weighted by atomic mass is 10.1. The van der Waals surface area contributed by atoms with Gasteiger partial charge in [0.2, 0.25) is 5.91 Å². The molecule has 2 aromatic rings. The third kappa shape index (κ3) is 2.63. The molecule has 2 N–H and O–H groups in total. The molecule has 3 rings (SSSR count). The van der Waals surface area contributed by atoms with Crippen molar-refractivity contribution in [3.8, 4) is 0 Å². The fourth-order valence-electron chi connectivity index (χ4n) is 2.49. The van der Waals surface area contributed by atoms with E-state index in [1.54, 1.807) is 11.8 Å². The second-order valence-corrected chi connectivity index (χ2v) is 6.43. The molecule has 1 aliphatic heterocycles. The van der Waals surface area contributed by atoms with Crippen LogP contribution < -0.4 is 10.6 Å². The Morgan fingerprint density at radius 3 is 2.48 bits per heavy atom. The molecule has 1 fully saturated rings. The Morgan fingerprint density at radius 2 is 1.81 bits per heavy atom. The van der Waals surface area contributed by atoms with Crippen LogP contribution in [0.3, 0.4) is 0 Å². The Balaban J connectivity index is 1.99. The molecule has 1 atom stereocenters. The van der Waals surface area contributed by atoms with Gasteiger partial charge in [-0.3, -0.25) is 9.69 Å². The van der Waals surface area contributed by atoms with Crippen LogP contribution in [0, 0.1) is 13.8 Å². The van der Waals surface area contributed by atoms with Crippen molar-refractivity contribution in [2.24, 2.45) is 0 Å². The number of carbonyl (C=O) groups is 1. The van der Waals surface area contributed by atoms with Gasteiger partial charge >= 0.3 is 0 Å². The first-order valence-electron chi connectivity index (χ1n) is 6.92. The Kier molecular flexibility index (Phi) is 3.64. The molecule has 108 valence electrons. The average molecular weight is 298 g/mol. The van der Waals surface area contributed by atoms with E-state index in [1.165, 1.54) is 11.1 Å². The van der Waals surface area contributed by atoms with E-state index in [-0.39, 0.29) is 11.3 Å². The molecule has 1 heterocycles. The number of amides is 1. The van der Waals surface area contributed by atoms with Gasteiger partial charge in [-0.25, -0.2) is 0 Å².